The highest BCUT2D eigenvalue weighted by atomic mass is 31.2. The minimum atomic E-state index is -3.55. The summed E-state index contributed by atoms with van der Waals surface area (Å²) in [6.07, 6.45) is 5.97. The summed E-state index contributed by atoms with van der Waals surface area (Å²) >= 11 is 0. The van der Waals surface area contributed by atoms with Gasteiger partial charge in [-0.05, 0) is 46.5 Å². The topological polar surface area (TPSA) is 176 Å². The van der Waals surface area contributed by atoms with Gasteiger partial charge in [-0.3, -0.25) is 32.9 Å². The monoisotopic (exact) mass is 640 g/mol. The lowest BCUT2D eigenvalue weighted by Crippen LogP contribution is -2.30. The molecule has 0 saturated carbocycles. The van der Waals surface area contributed by atoms with Crippen LogP contribution in [-0.2, 0) is 51.7 Å². The fourth-order valence-electron chi connectivity index (χ4n) is 2.83. The lowest BCUT2D eigenvalue weighted by atomic mass is 9.98. The van der Waals surface area contributed by atoms with Crippen molar-refractivity contribution in [3.8, 4) is 0 Å². The maximum atomic E-state index is 12.9. The second-order valence-electron chi connectivity index (χ2n) is 11.4. The number of esters is 1. The highest BCUT2D eigenvalue weighted by molar-refractivity contribution is 7.53. The van der Waals surface area contributed by atoms with Gasteiger partial charge in [-0.2, -0.15) is 0 Å². The molecule has 1 heterocycles. The Bertz CT molecular complexity index is 869. The van der Waals surface area contributed by atoms with Crippen LogP contribution in [0.4, 0.5) is 0 Å². The Hall–Kier alpha value is -2.19. The number of hydrogen-bond donors (Lipinski definition) is 2. The molecule has 1 rings (SSSR count). The molecule has 15 heteroatoms. The predicted molar refractivity (Wildman–Crippen MR) is 160 cm³/mol. The van der Waals surface area contributed by atoms with E-state index in [0.717, 1.165) is 6.29 Å². The quantitative estimate of drug-likeness (QED) is 0.0829. The second-order valence-corrected chi connectivity index (χ2v) is 13.6. The number of likely N-dealkylation sites (N-methyl/N-ethyl adjacent to an activating group) is 1. The minimum Gasteiger partial charge on any atom is -0.438 e. The van der Waals surface area contributed by atoms with E-state index in [4.69, 9.17) is 28.4 Å². The average molecular weight is 641 g/mol. The molecule has 1 aliphatic rings. The predicted octanol–water partition coefficient (Wildman–Crippen LogP) is 3.22. The second kappa shape index (κ2) is 23.2. The van der Waals surface area contributed by atoms with E-state index in [2.05, 4.69) is 10.1 Å². The summed E-state index contributed by atoms with van der Waals surface area (Å²) in [6, 6.07) is 0. The fourth-order valence-corrected chi connectivity index (χ4v) is 4.22. The minimum absolute atomic E-state index is 0.0852. The normalized spacial score (nSPS) is 17.9. The zero-order chi connectivity index (χ0) is 33.5. The van der Waals surface area contributed by atoms with E-state index in [9.17, 15) is 23.7 Å². The molecule has 0 radical (unpaired) electrons. The first-order chi connectivity index (χ1) is 20.0. The molecule has 0 spiro atoms. The molecule has 1 fully saturated rings. The van der Waals surface area contributed by atoms with Crippen LogP contribution < -0.4 is 5.32 Å². The van der Waals surface area contributed by atoms with Crippen LogP contribution in [0.2, 0.25) is 0 Å². The Balaban J connectivity index is 0. The summed E-state index contributed by atoms with van der Waals surface area (Å²) in [5.41, 5.74) is -0.845. The fraction of sp³-hybridized carbons (Fsp3) is 0.786. The van der Waals surface area contributed by atoms with Crippen LogP contribution in [0.15, 0.2) is 12.3 Å². The number of aliphatic hydroxyl groups is 1. The number of rotatable bonds is 16. The van der Waals surface area contributed by atoms with Crippen molar-refractivity contribution in [2.75, 3.05) is 54.2 Å². The van der Waals surface area contributed by atoms with Crippen molar-refractivity contribution in [2.24, 2.45) is 10.8 Å². The molecule has 0 aromatic heterocycles. The largest absolute Gasteiger partial charge is 0.438 e. The Labute approximate surface area is 256 Å². The van der Waals surface area contributed by atoms with Crippen molar-refractivity contribution in [2.45, 2.75) is 79.6 Å². The maximum absolute atomic E-state index is 12.9. The summed E-state index contributed by atoms with van der Waals surface area (Å²) in [6.45, 7) is 10.6. The molecule has 3 unspecified atom stereocenters. The standard InChI is InChI=1S/C20H35N2O9P.C5H10O.C3H8O2/c1-20(2,3)19(25)28-15-30-32(26,29-14-27-5)12-6-7-16-8-9-18(31-16)22(13-23)11-10-17(24)21-4;1-5(2,3)4-6;1-5-3-2-4/h10-11,13,16,18H,6-9,12,14-15H2,1-5H3,(H,21,24);4H,1-3H3;4H,2-3H2,1H3/b11-10-;;. The molecule has 2 N–H and O–H groups in total. The summed E-state index contributed by atoms with van der Waals surface area (Å²) in [7, 11) is 0.895. The number of aldehydes is 1. The molecule has 2 amide bonds. The van der Waals surface area contributed by atoms with Gasteiger partial charge in [0.15, 0.2) is 6.79 Å². The lowest BCUT2D eigenvalue weighted by Gasteiger charge is -2.22. The van der Waals surface area contributed by atoms with E-state index in [0.29, 0.717) is 38.7 Å². The van der Waals surface area contributed by atoms with Crippen molar-refractivity contribution in [3.05, 3.63) is 12.3 Å². The molecule has 0 aromatic rings. The molecule has 1 saturated heterocycles. The van der Waals surface area contributed by atoms with Gasteiger partial charge >= 0.3 is 13.6 Å². The van der Waals surface area contributed by atoms with Crippen molar-refractivity contribution in [3.63, 3.8) is 0 Å². The van der Waals surface area contributed by atoms with Crippen LogP contribution in [0, 0.1) is 10.8 Å². The molecule has 14 nitrogen and oxygen atoms in total. The number of carbonyl (C=O) groups excluding carboxylic acids is 4. The van der Waals surface area contributed by atoms with Crippen LogP contribution >= 0.6 is 7.60 Å². The van der Waals surface area contributed by atoms with Gasteiger partial charge in [-0.1, -0.05) is 20.8 Å². The van der Waals surface area contributed by atoms with Gasteiger partial charge in [0.05, 0.1) is 30.9 Å². The van der Waals surface area contributed by atoms with Crippen molar-refractivity contribution in [1.82, 2.24) is 10.2 Å². The molecule has 1 aliphatic heterocycles. The summed E-state index contributed by atoms with van der Waals surface area (Å²) in [4.78, 5) is 45.6. The average Bonchev–Trinajstić information content (AvgIpc) is 3.41. The molecular weight excluding hydrogens is 587 g/mol. The highest BCUT2D eigenvalue weighted by Crippen LogP contribution is 2.49. The van der Waals surface area contributed by atoms with E-state index in [1.54, 1.807) is 27.9 Å². The number of amides is 2. The lowest BCUT2D eigenvalue weighted by molar-refractivity contribution is -0.160. The van der Waals surface area contributed by atoms with Crippen molar-refractivity contribution in [1.29, 1.82) is 0 Å². The van der Waals surface area contributed by atoms with Crippen molar-refractivity contribution < 1.29 is 56.8 Å². The van der Waals surface area contributed by atoms with Gasteiger partial charge in [0.25, 0.3) is 0 Å². The number of nitrogens with zero attached hydrogens (tertiary/aromatic N) is 1. The van der Waals surface area contributed by atoms with E-state index >= 15 is 0 Å². The van der Waals surface area contributed by atoms with E-state index in [1.807, 2.05) is 20.8 Å². The number of aliphatic hydroxyl groups excluding tert-OH is 1. The van der Waals surface area contributed by atoms with Gasteiger partial charge in [0.1, 0.15) is 12.5 Å². The van der Waals surface area contributed by atoms with Crippen LogP contribution in [0.3, 0.4) is 0 Å². The molecule has 0 aromatic carbocycles. The Morgan fingerprint density at radius 1 is 1.05 bits per heavy atom. The SMILES string of the molecule is CC(C)(C)C=O.CNC(=O)/C=C\N(C=O)C1CCC(CCCP(=O)(OCOC)OCOC(=O)C(C)(C)C)O1.COCCO. The smallest absolute Gasteiger partial charge is 0.335 e. The Morgan fingerprint density at radius 3 is 2.09 bits per heavy atom. The van der Waals surface area contributed by atoms with Crippen molar-refractivity contribution >= 4 is 32.2 Å². The third-order valence-electron chi connectivity index (χ3n) is 5.21. The van der Waals surface area contributed by atoms with Gasteiger partial charge in [0, 0.05) is 39.0 Å². The van der Waals surface area contributed by atoms with E-state index in [1.165, 1.54) is 31.3 Å². The summed E-state index contributed by atoms with van der Waals surface area (Å²) in [5.74, 6) is -0.808. The zero-order valence-corrected chi connectivity index (χ0v) is 28.1. The number of nitrogens with one attached hydrogen (secondary N) is 1. The first-order valence-corrected chi connectivity index (χ1v) is 15.6. The molecule has 252 valence electrons. The van der Waals surface area contributed by atoms with Crippen LogP contribution in [-0.4, -0.2) is 101 Å². The molecular formula is C28H53N2O12P. The first-order valence-electron chi connectivity index (χ1n) is 13.9. The Morgan fingerprint density at radius 2 is 1.65 bits per heavy atom. The zero-order valence-electron chi connectivity index (χ0n) is 27.2. The third-order valence-corrected chi connectivity index (χ3v) is 7.07. The number of methoxy groups -OCH3 is 2. The first kappa shape index (κ1) is 42.9. The third kappa shape index (κ3) is 22.9. The van der Waals surface area contributed by atoms with Crippen LogP contribution in [0.5, 0.6) is 0 Å². The van der Waals surface area contributed by atoms with Crippen LogP contribution in [0.1, 0.15) is 67.2 Å². The van der Waals surface area contributed by atoms with Crippen LogP contribution in [0.25, 0.3) is 0 Å². The molecule has 0 aliphatic carbocycles. The summed E-state index contributed by atoms with van der Waals surface area (Å²) < 4.78 is 43.6. The highest BCUT2D eigenvalue weighted by Gasteiger charge is 2.31. The van der Waals surface area contributed by atoms with Gasteiger partial charge < -0.3 is 34.2 Å². The molecule has 0 bridgehead atoms. The van der Waals surface area contributed by atoms with E-state index in [-0.39, 0.29) is 37.0 Å². The maximum Gasteiger partial charge on any atom is 0.335 e. The number of hydrogen-bond acceptors (Lipinski definition) is 12. The number of ether oxygens (including phenoxy) is 4. The number of carbonyl (C=O) groups is 4. The Kier molecular flexibility index (Phi) is 23.2. The van der Waals surface area contributed by atoms with Gasteiger partial charge in [-0.15, -0.1) is 0 Å². The van der Waals surface area contributed by atoms with Gasteiger partial charge in [-0.25, -0.2) is 0 Å². The molecule has 3 atom stereocenters. The summed E-state index contributed by atoms with van der Waals surface area (Å²) in [5, 5.41) is 10.4. The van der Waals surface area contributed by atoms with Gasteiger partial charge in [0.2, 0.25) is 19.1 Å². The molecule has 43 heavy (non-hydrogen) atoms. The van der Waals surface area contributed by atoms with E-state index < -0.39 is 32.0 Å².